The number of aromatic nitrogens is 1. The Morgan fingerprint density at radius 2 is 2.05 bits per heavy atom. The number of aryl methyl sites for hydroxylation is 1. The fraction of sp³-hybridized carbons (Fsp3) is 0.250. The highest BCUT2D eigenvalue weighted by Crippen LogP contribution is 2.16. The Morgan fingerprint density at radius 3 is 2.75 bits per heavy atom. The zero-order valence-corrected chi connectivity index (χ0v) is 11.8. The molecule has 0 saturated heterocycles. The number of amides is 2. The summed E-state index contributed by atoms with van der Waals surface area (Å²) in [5.41, 5.74) is 3.28. The highest BCUT2D eigenvalue weighted by molar-refractivity contribution is 5.74. The maximum Gasteiger partial charge on any atom is 0.315 e. The van der Waals surface area contributed by atoms with Crippen molar-refractivity contribution in [2.45, 2.75) is 26.4 Å². The molecule has 1 aromatic heterocycles. The minimum atomic E-state index is -0.176. The maximum atomic E-state index is 11.9. The van der Waals surface area contributed by atoms with Gasteiger partial charge in [0.05, 0.1) is 6.04 Å². The minimum absolute atomic E-state index is 0.0231. The van der Waals surface area contributed by atoms with E-state index in [4.69, 9.17) is 0 Å². The number of nitrogens with zero attached hydrogens (tertiary/aromatic N) is 1. The average Bonchev–Trinajstić information content (AvgIpc) is 2.46. The van der Waals surface area contributed by atoms with Crippen LogP contribution >= 0.6 is 0 Å². The van der Waals surface area contributed by atoms with Gasteiger partial charge in [-0.3, -0.25) is 4.98 Å². The van der Waals surface area contributed by atoms with E-state index in [1.54, 1.807) is 12.4 Å². The van der Waals surface area contributed by atoms with Gasteiger partial charge in [0.15, 0.2) is 0 Å². The Hall–Kier alpha value is -2.36. The molecule has 0 aliphatic heterocycles. The lowest BCUT2D eigenvalue weighted by Crippen LogP contribution is -2.36. The normalized spacial score (nSPS) is 11.7. The summed E-state index contributed by atoms with van der Waals surface area (Å²) in [5.74, 6) is 0. The van der Waals surface area contributed by atoms with E-state index in [-0.39, 0.29) is 12.1 Å². The lowest BCUT2D eigenvalue weighted by atomic mass is 10.0. The van der Waals surface area contributed by atoms with E-state index in [9.17, 15) is 4.79 Å². The number of rotatable bonds is 4. The summed E-state index contributed by atoms with van der Waals surface area (Å²) >= 11 is 0. The van der Waals surface area contributed by atoms with Crippen molar-refractivity contribution in [3.63, 3.8) is 0 Å². The van der Waals surface area contributed by atoms with Gasteiger partial charge < -0.3 is 10.6 Å². The Morgan fingerprint density at radius 1 is 1.25 bits per heavy atom. The molecule has 0 aliphatic rings. The van der Waals surface area contributed by atoms with Gasteiger partial charge >= 0.3 is 6.03 Å². The van der Waals surface area contributed by atoms with Crippen molar-refractivity contribution in [2.24, 2.45) is 0 Å². The van der Waals surface area contributed by atoms with Crippen LogP contribution in [0.2, 0.25) is 0 Å². The van der Waals surface area contributed by atoms with Crippen LogP contribution in [0.3, 0.4) is 0 Å². The number of nitrogens with one attached hydrogen (secondary N) is 2. The van der Waals surface area contributed by atoms with Crippen LogP contribution in [0, 0.1) is 6.92 Å². The van der Waals surface area contributed by atoms with Gasteiger partial charge in [0, 0.05) is 18.9 Å². The van der Waals surface area contributed by atoms with Gasteiger partial charge in [0.2, 0.25) is 0 Å². The molecule has 2 amide bonds. The van der Waals surface area contributed by atoms with E-state index in [0.29, 0.717) is 6.54 Å². The van der Waals surface area contributed by atoms with Crippen LogP contribution in [0.15, 0.2) is 48.8 Å². The molecule has 0 fully saturated rings. The molecule has 2 rings (SSSR count). The topological polar surface area (TPSA) is 54.0 Å². The summed E-state index contributed by atoms with van der Waals surface area (Å²) in [6.07, 6.45) is 3.45. The molecule has 0 bridgehead atoms. The third-order valence-corrected chi connectivity index (χ3v) is 3.18. The Labute approximate surface area is 119 Å². The fourth-order valence-electron chi connectivity index (χ4n) is 2.08. The first-order chi connectivity index (χ1) is 9.66. The lowest BCUT2D eigenvalue weighted by Gasteiger charge is -2.17. The van der Waals surface area contributed by atoms with E-state index >= 15 is 0 Å². The molecule has 2 N–H and O–H groups in total. The van der Waals surface area contributed by atoms with Gasteiger partial charge in [0.25, 0.3) is 0 Å². The number of pyridine rings is 1. The number of carbonyl (C=O) groups is 1. The van der Waals surface area contributed by atoms with Crippen LogP contribution in [0.25, 0.3) is 0 Å². The molecule has 4 nitrogen and oxygen atoms in total. The van der Waals surface area contributed by atoms with E-state index in [1.165, 1.54) is 5.56 Å². The largest absolute Gasteiger partial charge is 0.334 e. The second-order valence-corrected chi connectivity index (χ2v) is 4.77. The first-order valence-corrected chi connectivity index (χ1v) is 6.65. The number of hydrogen-bond donors (Lipinski definition) is 2. The zero-order chi connectivity index (χ0) is 14.4. The molecule has 0 radical (unpaired) electrons. The molecule has 0 aliphatic carbocycles. The maximum absolute atomic E-state index is 11.9. The van der Waals surface area contributed by atoms with E-state index < -0.39 is 0 Å². The third-order valence-electron chi connectivity index (χ3n) is 3.18. The van der Waals surface area contributed by atoms with Crippen molar-refractivity contribution in [3.05, 3.63) is 65.5 Å². The van der Waals surface area contributed by atoms with E-state index in [2.05, 4.69) is 15.6 Å². The Balaban J connectivity index is 1.87. The van der Waals surface area contributed by atoms with Gasteiger partial charge in [-0.2, -0.15) is 0 Å². The first-order valence-electron chi connectivity index (χ1n) is 6.65. The van der Waals surface area contributed by atoms with Crippen LogP contribution in [-0.4, -0.2) is 11.0 Å². The van der Waals surface area contributed by atoms with Gasteiger partial charge in [-0.25, -0.2) is 4.79 Å². The highest BCUT2D eigenvalue weighted by atomic mass is 16.2. The molecule has 0 saturated carbocycles. The molecule has 1 heterocycles. The summed E-state index contributed by atoms with van der Waals surface area (Å²) in [5, 5.41) is 5.77. The van der Waals surface area contributed by atoms with Crippen molar-refractivity contribution in [1.29, 1.82) is 0 Å². The summed E-state index contributed by atoms with van der Waals surface area (Å²) in [6, 6.07) is 11.6. The Bertz CT molecular complexity index is 569. The lowest BCUT2D eigenvalue weighted by molar-refractivity contribution is 0.237. The number of urea groups is 1. The second-order valence-electron chi connectivity index (χ2n) is 4.77. The van der Waals surface area contributed by atoms with Crippen LogP contribution in [-0.2, 0) is 6.54 Å². The van der Waals surface area contributed by atoms with E-state index in [0.717, 1.165) is 11.1 Å². The third kappa shape index (κ3) is 3.82. The predicted octanol–water partition coefficient (Wildman–Crippen LogP) is 2.95. The monoisotopic (exact) mass is 269 g/mol. The zero-order valence-electron chi connectivity index (χ0n) is 11.8. The van der Waals surface area contributed by atoms with Gasteiger partial charge in [-0.15, -0.1) is 0 Å². The highest BCUT2D eigenvalue weighted by Gasteiger charge is 2.10. The van der Waals surface area contributed by atoms with Crippen LogP contribution in [0.5, 0.6) is 0 Å². The standard InChI is InChI=1S/C16H19N3O/c1-12-6-3-4-8-15(12)13(2)19-16(20)18-11-14-7-5-9-17-10-14/h3-10,13H,11H2,1-2H3,(H2,18,19,20)/t13-/m1/s1. The number of benzene rings is 1. The summed E-state index contributed by atoms with van der Waals surface area (Å²) in [7, 11) is 0. The van der Waals surface area contributed by atoms with Gasteiger partial charge in [-0.05, 0) is 36.6 Å². The smallest absolute Gasteiger partial charge is 0.315 e. The molecular formula is C16H19N3O. The fourth-order valence-corrected chi connectivity index (χ4v) is 2.08. The Kier molecular flexibility index (Phi) is 4.71. The van der Waals surface area contributed by atoms with Crippen molar-refractivity contribution in [2.75, 3.05) is 0 Å². The summed E-state index contributed by atoms with van der Waals surface area (Å²) in [4.78, 5) is 15.9. The van der Waals surface area contributed by atoms with Crippen LogP contribution < -0.4 is 10.6 Å². The molecule has 4 heteroatoms. The molecule has 1 aromatic carbocycles. The minimum Gasteiger partial charge on any atom is -0.334 e. The van der Waals surface area contributed by atoms with Crippen LogP contribution in [0.1, 0.15) is 29.7 Å². The quantitative estimate of drug-likeness (QED) is 0.896. The van der Waals surface area contributed by atoms with Crippen molar-refractivity contribution in [1.82, 2.24) is 15.6 Å². The van der Waals surface area contributed by atoms with E-state index in [1.807, 2.05) is 50.2 Å². The predicted molar refractivity (Wildman–Crippen MR) is 79.2 cm³/mol. The molecule has 20 heavy (non-hydrogen) atoms. The molecule has 104 valence electrons. The van der Waals surface area contributed by atoms with Gasteiger partial charge in [0.1, 0.15) is 0 Å². The second kappa shape index (κ2) is 6.70. The van der Waals surface area contributed by atoms with Crippen molar-refractivity contribution in [3.8, 4) is 0 Å². The first kappa shape index (κ1) is 14.1. The summed E-state index contributed by atoms with van der Waals surface area (Å²) < 4.78 is 0. The summed E-state index contributed by atoms with van der Waals surface area (Å²) in [6.45, 7) is 4.49. The number of hydrogen-bond acceptors (Lipinski definition) is 2. The van der Waals surface area contributed by atoms with Crippen molar-refractivity contribution < 1.29 is 4.79 Å². The molecule has 0 unspecified atom stereocenters. The van der Waals surface area contributed by atoms with Crippen molar-refractivity contribution >= 4 is 6.03 Å². The molecule has 0 spiro atoms. The molecule has 1 atom stereocenters. The van der Waals surface area contributed by atoms with Gasteiger partial charge in [-0.1, -0.05) is 30.3 Å². The molecular weight excluding hydrogens is 250 g/mol. The number of carbonyl (C=O) groups excluding carboxylic acids is 1. The molecule has 2 aromatic rings. The SMILES string of the molecule is Cc1ccccc1[C@@H](C)NC(=O)NCc1cccnc1. The average molecular weight is 269 g/mol. The van der Waals surface area contributed by atoms with Crippen LogP contribution in [0.4, 0.5) is 4.79 Å².